The van der Waals surface area contributed by atoms with Crippen LogP contribution in [0.4, 0.5) is 0 Å². The summed E-state index contributed by atoms with van der Waals surface area (Å²) in [4.78, 5) is 2.27. The summed E-state index contributed by atoms with van der Waals surface area (Å²) >= 11 is 0. The predicted octanol–water partition coefficient (Wildman–Crippen LogP) is 0.853. The Kier molecular flexibility index (Phi) is 1.69. The number of rotatable bonds is 0. The average Bonchev–Trinajstić information content (AvgIpc) is 1.82. The average molecular weight is 155 g/mol. The number of β-amino-alcohol motifs (C(OH)–C–C–N with tert-alkyl or cyclic N) is 1. The molecular weight excluding hydrogens is 138 g/mol. The number of likely N-dealkylation sites (N-methyl/N-ethyl adjacent to an activating group) is 1. The van der Waals surface area contributed by atoms with Crippen LogP contribution in [0.3, 0.4) is 0 Å². The number of nitrogens with zero attached hydrogens (tertiary/aromatic N) is 1. The van der Waals surface area contributed by atoms with E-state index in [1.54, 1.807) is 0 Å². The van der Waals surface area contributed by atoms with E-state index >= 15 is 0 Å². The van der Waals surface area contributed by atoms with Crippen LogP contribution >= 0.6 is 0 Å². The molecule has 0 aromatic carbocycles. The zero-order valence-corrected chi connectivity index (χ0v) is 7.21. The molecule has 0 radical (unpaired) electrons. The Labute approximate surface area is 68.2 Å². The molecule has 1 heterocycles. The summed E-state index contributed by atoms with van der Waals surface area (Å²) in [6.45, 7) is 2.09. The van der Waals surface area contributed by atoms with E-state index in [1.807, 2.05) is 0 Å². The van der Waals surface area contributed by atoms with Gasteiger partial charge in [0.1, 0.15) is 0 Å². The molecule has 2 heteroatoms. The second kappa shape index (κ2) is 2.46. The van der Waals surface area contributed by atoms with Crippen LogP contribution in [0.15, 0.2) is 0 Å². The zero-order valence-electron chi connectivity index (χ0n) is 7.21. The van der Waals surface area contributed by atoms with E-state index in [4.69, 9.17) is 0 Å². The Balaban J connectivity index is 2.00. The van der Waals surface area contributed by atoms with Crippen LogP contribution in [-0.4, -0.2) is 36.2 Å². The van der Waals surface area contributed by atoms with E-state index in [9.17, 15) is 5.11 Å². The van der Waals surface area contributed by atoms with Crippen LogP contribution in [0.25, 0.3) is 0 Å². The highest BCUT2D eigenvalue weighted by atomic mass is 16.3. The molecule has 1 aliphatic heterocycles. The summed E-state index contributed by atoms with van der Waals surface area (Å²) in [6, 6.07) is 0. The van der Waals surface area contributed by atoms with Gasteiger partial charge in [0.25, 0.3) is 0 Å². The highest BCUT2D eigenvalue weighted by Gasteiger charge is 2.42. The minimum Gasteiger partial charge on any atom is -0.392 e. The monoisotopic (exact) mass is 155 g/mol. The van der Waals surface area contributed by atoms with Gasteiger partial charge in [-0.15, -0.1) is 0 Å². The van der Waals surface area contributed by atoms with Crippen molar-refractivity contribution in [3.63, 3.8) is 0 Å². The molecule has 1 aliphatic carbocycles. The van der Waals surface area contributed by atoms with E-state index in [2.05, 4.69) is 11.9 Å². The molecule has 0 unspecified atom stereocenters. The molecular formula is C9H17NO. The van der Waals surface area contributed by atoms with Gasteiger partial charge in [-0.3, -0.25) is 0 Å². The standard InChI is InChI=1S/C9H17NO/c1-10-6-8(11)5-9(7-10)3-2-4-9/h8,11H,2-7H2,1H3/t8-/m1/s1. The molecule has 0 aromatic heterocycles. The SMILES string of the molecule is CN1C[C@H](O)CC2(CCC2)C1. The van der Waals surface area contributed by atoms with E-state index in [-0.39, 0.29) is 6.10 Å². The zero-order chi connectivity index (χ0) is 7.90. The van der Waals surface area contributed by atoms with Gasteiger partial charge in [0, 0.05) is 13.1 Å². The molecule has 2 fully saturated rings. The second-order valence-electron chi connectivity index (χ2n) is 4.41. The van der Waals surface area contributed by atoms with Crippen molar-refractivity contribution >= 4 is 0 Å². The Morgan fingerprint density at radius 2 is 2.18 bits per heavy atom. The molecule has 1 N–H and O–H groups in total. The van der Waals surface area contributed by atoms with Crippen LogP contribution in [0.5, 0.6) is 0 Å². The lowest BCUT2D eigenvalue weighted by Crippen LogP contribution is -2.50. The van der Waals surface area contributed by atoms with E-state index in [0.29, 0.717) is 5.41 Å². The predicted molar refractivity (Wildman–Crippen MR) is 44.4 cm³/mol. The maximum Gasteiger partial charge on any atom is 0.0672 e. The molecule has 0 amide bonds. The van der Waals surface area contributed by atoms with Gasteiger partial charge in [0.2, 0.25) is 0 Å². The Morgan fingerprint density at radius 3 is 2.64 bits per heavy atom. The van der Waals surface area contributed by atoms with Crippen molar-refractivity contribution in [1.29, 1.82) is 0 Å². The summed E-state index contributed by atoms with van der Waals surface area (Å²) in [7, 11) is 2.11. The Morgan fingerprint density at radius 1 is 1.45 bits per heavy atom. The smallest absolute Gasteiger partial charge is 0.0672 e. The third kappa shape index (κ3) is 1.30. The van der Waals surface area contributed by atoms with Gasteiger partial charge in [-0.1, -0.05) is 6.42 Å². The highest BCUT2D eigenvalue weighted by molar-refractivity contribution is 4.95. The molecule has 2 rings (SSSR count). The topological polar surface area (TPSA) is 23.5 Å². The molecule has 64 valence electrons. The summed E-state index contributed by atoms with van der Waals surface area (Å²) in [5.74, 6) is 0. The van der Waals surface area contributed by atoms with Crippen molar-refractivity contribution in [2.45, 2.75) is 31.8 Å². The number of hydrogen-bond acceptors (Lipinski definition) is 2. The number of hydrogen-bond donors (Lipinski definition) is 1. The first-order valence-corrected chi connectivity index (χ1v) is 4.57. The fourth-order valence-corrected chi connectivity index (χ4v) is 2.66. The van der Waals surface area contributed by atoms with Crippen LogP contribution in [0.1, 0.15) is 25.7 Å². The van der Waals surface area contributed by atoms with Gasteiger partial charge >= 0.3 is 0 Å². The minimum atomic E-state index is -0.0611. The maximum absolute atomic E-state index is 9.54. The largest absolute Gasteiger partial charge is 0.392 e. The first-order valence-electron chi connectivity index (χ1n) is 4.57. The van der Waals surface area contributed by atoms with Gasteiger partial charge in [-0.05, 0) is 31.7 Å². The lowest BCUT2D eigenvalue weighted by molar-refractivity contribution is -0.0405. The third-order valence-corrected chi connectivity index (χ3v) is 3.21. The molecule has 11 heavy (non-hydrogen) atoms. The van der Waals surface area contributed by atoms with E-state index in [0.717, 1.165) is 13.0 Å². The maximum atomic E-state index is 9.54. The molecule has 0 bridgehead atoms. The van der Waals surface area contributed by atoms with Crippen LogP contribution in [-0.2, 0) is 0 Å². The fraction of sp³-hybridized carbons (Fsp3) is 1.00. The molecule has 1 spiro atoms. The van der Waals surface area contributed by atoms with Gasteiger partial charge in [-0.2, -0.15) is 0 Å². The van der Waals surface area contributed by atoms with Crippen molar-refractivity contribution in [1.82, 2.24) is 4.90 Å². The van der Waals surface area contributed by atoms with Gasteiger partial charge in [0.05, 0.1) is 6.10 Å². The summed E-state index contributed by atoms with van der Waals surface area (Å²) in [5.41, 5.74) is 0.520. The fourth-order valence-electron chi connectivity index (χ4n) is 2.66. The number of aliphatic hydroxyl groups excluding tert-OH is 1. The first-order chi connectivity index (χ1) is 5.20. The molecule has 1 saturated carbocycles. The van der Waals surface area contributed by atoms with Gasteiger partial charge < -0.3 is 10.0 Å². The molecule has 1 atom stereocenters. The van der Waals surface area contributed by atoms with Crippen LogP contribution < -0.4 is 0 Å². The van der Waals surface area contributed by atoms with Crippen molar-refractivity contribution < 1.29 is 5.11 Å². The Bertz CT molecular complexity index is 142. The van der Waals surface area contributed by atoms with Crippen molar-refractivity contribution in [2.75, 3.05) is 20.1 Å². The summed E-state index contributed by atoms with van der Waals surface area (Å²) in [5, 5.41) is 9.54. The van der Waals surface area contributed by atoms with E-state index in [1.165, 1.54) is 25.8 Å². The third-order valence-electron chi connectivity index (χ3n) is 3.21. The van der Waals surface area contributed by atoms with Crippen LogP contribution in [0, 0.1) is 5.41 Å². The van der Waals surface area contributed by atoms with E-state index < -0.39 is 0 Å². The first kappa shape index (κ1) is 7.56. The van der Waals surface area contributed by atoms with Gasteiger partial charge in [0.15, 0.2) is 0 Å². The Hall–Kier alpha value is -0.0800. The van der Waals surface area contributed by atoms with Crippen molar-refractivity contribution in [2.24, 2.45) is 5.41 Å². The van der Waals surface area contributed by atoms with Crippen LogP contribution in [0.2, 0.25) is 0 Å². The molecule has 2 nitrogen and oxygen atoms in total. The molecule has 1 saturated heterocycles. The molecule has 2 aliphatic rings. The summed E-state index contributed by atoms with van der Waals surface area (Å²) < 4.78 is 0. The quantitative estimate of drug-likeness (QED) is 0.560. The second-order valence-corrected chi connectivity index (χ2v) is 4.41. The van der Waals surface area contributed by atoms with Crippen molar-refractivity contribution in [3.05, 3.63) is 0 Å². The minimum absolute atomic E-state index is 0.0611. The lowest BCUT2D eigenvalue weighted by atomic mass is 9.64. The number of likely N-dealkylation sites (tertiary alicyclic amines) is 1. The normalized spacial score (nSPS) is 37.1. The summed E-state index contributed by atoms with van der Waals surface area (Å²) in [6.07, 6.45) is 5.05. The highest BCUT2D eigenvalue weighted by Crippen LogP contribution is 2.46. The van der Waals surface area contributed by atoms with Crippen molar-refractivity contribution in [3.8, 4) is 0 Å². The van der Waals surface area contributed by atoms with Gasteiger partial charge in [-0.25, -0.2) is 0 Å². The number of aliphatic hydroxyl groups is 1. The molecule has 0 aromatic rings. The number of piperidine rings is 1. The lowest BCUT2D eigenvalue weighted by Gasteiger charge is -2.49.